The first-order chi connectivity index (χ1) is 11.5. The molecule has 4 N–H and O–H groups in total. The highest BCUT2D eigenvalue weighted by Gasteiger charge is 2.38. The van der Waals surface area contributed by atoms with E-state index >= 15 is 0 Å². The third-order valence-electron chi connectivity index (χ3n) is 4.94. The molecule has 8 heteroatoms. The van der Waals surface area contributed by atoms with Crippen LogP contribution in [0.1, 0.15) is 13.3 Å². The zero-order valence-corrected chi connectivity index (χ0v) is 14.4. The van der Waals surface area contributed by atoms with Crippen molar-refractivity contribution in [3.63, 3.8) is 0 Å². The molecule has 1 aliphatic heterocycles. The minimum atomic E-state index is -0.849. The molecule has 0 aromatic carbocycles. The van der Waals surface area contributed by atoms with Crippen molar-refractivity contribution in [1.29, 1.82) is 0 Å². The van der Waals surface area contributed by atoms with E-state index in [1.165, 1.54) is 6.42 Å². The smallest absolute Gasteiger partial charge is 0.317 e. The summed E-state index contributed by atoms with van der Waals surface area (Å²) in [5, 5.41) is 25.1. The Morgan fingerprint density at radius 3 is 2.04 bits per heavy atom. The first kappa shape index (κ1) is 19.1. The Bertz CT molecular complexity index is 434. The third kappa shape index (κ3) is 6.72. The third-order valence-corrected chi connectivity index (χ3v) is 4.94. The predicted molar refractivity (Wildman–Crippen MR) is 90.1 cm³/mol. The number of nitrogens with one attached hydrogen (secondary N) is 2. The Hall–Kier alpha value is -1.22. The zero-order chi connectivity index (χ0) is 17.5. The average Bonchev–Trinajstić information content (AvgIpc) is 3.20. The van der Waals surface area contributed by atoms with Crippen molar-refractivity contribution in [2.24, 2.45) is 11.8 Å². The van der Waals surface area contributed by atoms with Crippen molar-refractivity contribution in [2.75, 3.05) is 58.9 Å². The number of carbonyl (C=O) groups is 2. The van der Waals surface area contributed by atoms with Gasteiger partial charge in [-0.25, -0.2) is 0 Å². The largest absolute Gasteiger partial charge is 0.480 e. The molecule has 8 nitrogen and oxygen atoms in total. The van der Waals surface area contributed by atoms with Crippen molar-refractivity contribution in [2.45, 2.75) is 19.4 Å². The van der Waals surface area contributed by atoms with Gasteiger partial charge in [0.05, 0.1) is 13.1 Å². The van der Waals surface area contributed by atoms with Crippen LogP contribution in [0.15, 0.2) is 0 Å². The lowest BCUT2D eigenvalue weighted by molar-refractivity contribution is -0.140. The van der Waals surface area contributed by atoms with Gasteiger partial charge in [-0.1, -0.05) is 6.92 Å². The summed E-state index contributed by atoms with van der Waals surface area (Å²) in [4.78, 5) is 25.8. The fourth-order valence-corrected chi connectivity index (χ4v) is 3.39. The molecule has 3 atom stereocenters. The highest BCUT2D eigenvalue weighted by atomic mass is 16.4. The highest BCUT2D eigenvalue weighted by Crippen LogP contribution is 2.40. The monoisotopic (exact) mass is 342 g/mol. The van der Waals surface area contributed by atoms with Gasteiger partial charge in [-0.3, -0.25) is 19.4 Å². The summed E-state index contributed by atoms with van der Waals surface area (Å²) >= 11 is 0. The first-order valence-electron chi connectivity index (χ1n) is 8.78. The number of rotatable bonds is 5. The van der Waals surface area contributed by atoms with Gasteiger partial charge in [-0.05, 0) is 18.3 Å². The molecule has 2 unspecified atom stereocenters. The van der Waals surface area contributed by atoms with Crippen LogP contribution in [-0.4, -0.2) is 96.9 Å². The molecule has 1 saturated carbocycles. The molecule has 0 aromatic rings. The molecule has 24 heavy (non-hydrogen) atoms. The molecule has 1 aliphatic carbocycles. The van der Waals surface area contributed by atoms with Crippen LogP contribution < -0.4 is 10.6 Å². The van der Waals surface area contributed by atoms with Crippen LogP contribution in [0.2, 0.25) is 0 Å². The normalized spacial score (nSPS) is 31.0. The molecule has 0 aromatic heterocycles. The van der Waals surface area contributed by atoms with Crippen LogP contribution in [0, 0.1) is 11.8 Å². The van der Waals surface area contributed by atoms with E-state index in [0.717, 1.165) is 25.6 Å². The average molecular weight is 342 g/mol. The molecule has 1 saturated heterocycles. The minimum Gasteiger partial charge on any atom is -0.480 e. The maximum absolute atomic E-state index is 11.0. The lowest BCUT2D eigenvalue weighted by atomic mass is 10.1. The van der Waals surface area contributed by atoms with E-state index < -0.39 is 11.9 Å². The topological polar surface area (TPSA) is 105 Å². The first-order valence-corrected chi connectivity index (χ1v) is 8.78. The lowest BCUT2D eigenvalue weighted by Gasteiger charge is -2.29. The molecular formula is C16H30N4O4. The molecule has 2 rings (SSSR count). The van der Waals surface area contributed by atoms with Gasteiger partial charge in [0.15, 0.2) is 0 Å². The van der Waals surface area contributed by atoms with Crippen LogP contribution in [0.4, 0.5) is 0 Å². The van der Waals surface area contributed by atoms with Crippen molar-refractivity contribution in [1.82, 2.24) is 20.4 Å². The molecule has 0 amide bonds. The number of carboxylic acids is 2. The van der Waals surface area contributed by atoms with Gasteiger partial charge in [0.2, 0.25) is 0 Å². The SMILES string of the molecule is CC1C[C@@H]1C1CNCCN(CC(=O)O)CCN(CC(=O)O)CCN1. The molecule has 2 fully saturated rings. The van der Waals surface area contributed by atoms with E-state index in [9.17, 15) is 9.59 Å². The van der Waals surface area contributed by atoms with Gasteiger partial charge in [-0.2, -0.15) is 0 Å². The molecule has 0 bridgehead atoms. The molecular weight excluding hydrogens is 312 g/mol. The summed E-state index contributed by atoms with van der Waals surface area (Å²) in [6.07, 6.45) is 1.24. The fourth-order valence-electron chi connectivity index (χ4n) is 3.39. The van der Waals surface area contributed by atoms with Crippen molar-refractivity contribution >= 4 is 11.9 Å². The van der Waals surface area contributed by atoms with E-state index in [-0.39, 0.29) is 13.1 Å². The van der Waals surface area contributed by atoms with Gasteiger partial charge in [0.1, 0.15) is 0 Å². The molecule has 138 valence electrons. The lowest BCUT2D eigenvalue weighted by Crippen LogP contribution is -2.49. The molecule has 1 heterocycles. The Morgan fingerprint density at radius 1 is 1.00 bits per heavy atom. The van der Waals surface area contributed by atoms with E-state index in [1.807, 2.05) is 9.80 Å². The van der Waals surface area contributed by atoms with Crippen molar-refractivity contribution in [3.05, 3.63) is 0 Å². The number of hydrogen-bond acceptors (Lipinski definition) is 6. The van der Waals surface area contributed by atoms with Gasteiger partial charge >= 0.3 is 11.9 Å². The van der Waals surface area contributed by atoms with Crippen LogP contribution in [-0.2, 0) is 9.59 Å². The van der Waals surface area contributed by atoms with Gasteiger partial charge < -0.3 is 20.8 Å². The number of carboxylic acid groups (broad SMARTS) is 2. The van der Waals surface area contributed by atoms with Crippen LogP contribution in [0.5, 0.6) is 0 Å². The quantitative estimate of drug-likeness (QED) is 0.503. The Labute approximate surface area is 143 Å². The number of hydrogen-bond donors (Lipinski definition) is 4. The highest BCUT2D eigenvalue weighted by molar-refractivity contribution is 5.69. The molecule has 0 spiro atoms. The van der Waals surface area contributed by atoms with Crippen LogP contribution in [0.25, 0.3) is 0 Å². The van der Waals surface area contributed by atoms with Gasteiger partial charge in [0, 0.05) is 51.9 Å². The van der Waals surface area contributed by atoms with Gasteiger partial charge in [-0.15, -0.1) is 0 Å². The van der Waals surface area contributed by atoms with E-state index in [4.69, 9.17) is 10.2 Å². The minimum absolute atomic E-state index is 0.00859. The van der Waals surface area contributed by atoms with Crippen molar-refractivity contribution < 1.29 is 19.8 Å². The van der Waals surface area contributed by atoms with E-state index in [2.05, 4.69) is 17.6 Å². The maximum Gasteiger partial charge on any atom is 0.317 e. The van der Waals surface area contributed by atoms with E-state index in [0.29, 0.717) is 38.1 Å². The van der Waals surface area contributed by atoms with Crippen LogP contribution >= 0.6 is 0 Å². The number of nitrogens with zero attached hydrogens (tertiary/aromatic N) is 2. The van der Waals surface area contributed by atoms with Gasteiger partial charge in [0.25, 0.3) is 0 Å². The Balaban J connectivity index is 1.93. The number of aliphatic carboxylic acids is 2. The van der Waals surface area contributed by atoms with E-state index in [1.54, 1.807) is 0 Å². The summed E-state index contributed by atoms with van der Waals surface area (Å²) in [5.74, 6) is -0.265. The summed E-state index contributed by atoms with van der Waals surface area (Å²) in [5.41, 5.74) is 0. The van der Waals surface area contributed by atoms with Crippen molar-refractivity contribution in [3.8, 4) is 0 Å². The fraction of sp³-hybridized carbons (Fsp3) is 0.875. The van der Waals surface area contributed by atoms with Crippen LogP contribution in [0.3, 0.4) is 0 Å². The second-order valence-electron chi connectivity index (χ2n) is 6.98. The molecule has 2 aliphatic rings. The summed E-state index contributed by atoms with van der Waals surface area (Å²) in [6.45, 7) is 7.03. The standard InChI is InChI=1S/C16H30N4O4/c1-12-8-13(12)14-9-17-2-4-19(10-15(21)22)6-7-20(5-3-18-14)11-16(23)24/h12-14,17-18H,2-11H2,1H3,(H,21,22)(H,23,24)/t12?,13-,14?/m0/s1. The maximum atomic E-state index is 11.0. The summed E-state index contributed by atoms with van der Waals surface area (Å²) < 4.78 is 0. The Kier molecular flexibility index (Phi) is 7.41. The molecule has 0 radical (unpaired) electrons. The second-order valence-corrected chi connectivity index (χ2v) is 6.98. The zero-order valence-electron chi connectivity index (χ0n) is 14.4. The second kappa shape index (κ2) is 9.31. The summed E-state index contributed by atoms with van der Waals surface area (Å²) in [6, 6.07) is 0.402. The Morgan fingerprint density at radius 2 is 1.54 bits per heavy atom. The summed E-state index contributed by atoms with van der Waals surface area (Å²) in [7, 11) is 0. The predicted octanol–water partition coefficient (Wildman–Crippen LogP) is -1.02.